The van der Waals surface area contributed by atoms with Crippen molar-refractivity contribution in [2.45, 2.75) is 58.8 Å². The van der Waals surface area contributed by atoms with E-state index < -0.39 is 0 Å². The van der Waals surface area contributed by atoms with Gasteiger partial charge in [-0.1, -0.05) is 19.0 Å². The summed E-state index contributed by atoms with van der Waals surface area (Å²) in [5.74, 6) is 1.88. The highest BCUT2D eigenvalue weighted by atomic mass is 16.4. The van der Waals surface area contributed by atoms with Crippen molar-refractivity contribution < 1.29 is 14.8 Å². The molecule has 5 atom stereocenters. The van der Waals surface area contributed by atoms with Crippen LogP contribution in [0, 0.1) is 28.6 Å². The first-order valence-corrected chi connectivity index (χ1v) is 8.90. The molecule has 0 unspecified atom stereocenters. The van der Waals surface area contributed by atoms with Crippen LogP contribution in [0.4, 0.5) is 0 Å². The lowest BCUT2D eigenvalue weighted by molar-refractivity contribution is -0.131. The summed E-state index contributed by atoms with van der Waals surface area (Å²) in [6.45, 7) is 4.39. The Labute approximate surface area is 137 Å². The predicted molar refractivity (Wildman–Crippen MR) is 86.3 cm³/mol. The Hall–Kier alpha value is -1.45. The van der Waals surface area contributed by atoms with E-state index in [1.54, 1.807) is 6.08 Å². The molecule has 4 aliphatic carbocycles. The molecule has 0 spiro atoms. The maximum Gasteiger partial charge on any atom is 0.156 e. The molecule has 0 bridgehead atoms. The smallest absolute Gasteiger partial charge is 0.156 e. The van der Waals surface area contributed by atoms with Gasteiger partial charge in [0.25, 0.3) is 0 Å². The van der Waals surface area contributed by atoms with Gasteiger partial charge in [-0.2, -0.15) is 0 Å². The van der Waals surface area contributed by atoms with Gasteiger partial charge < -0.3 is 5.21 Å². The number of hydrogen-bond donors (Lipinski definition) is 1. The van der Waals surface area contributed by atoms with Crippen molar-refractivity contribution in [1.29, 1.82) is 0 Å². The molecule has 0 heterocycles. The van der Waals surface area contributed by atoms with Crippen LogP contribution in [0.25, 0.3) is 0 Å². The molecule has 0 aliphatic heterocycles. The topological polar surface area (TPSA) is 66.7 Å². The van der Waals surface area contributed by atoms with Gasteiger partial charge >= 0.3 is 0 Å². The lowest BCUT2D eigenvalue weighted by atomic mass is 9.47. The number of rotatable bonds is 0. The third-order valence-corrected chi connectivity index (χ3v) is 7.64. The quantitative estimate of drug-likeness (QED) is 0.549. The highest BCUT2D eigenvalue weighted by Crippen LogP contribution is 2.63. The third-order valence-electron chi connectivity index (χ3n) is 7.64. The lowest BCUT2D eigenvalue weighted by Crippen LogP contribution is -2.53. The van der Waals surface area contributed by atoms with Crippen LogP contribution in [0.1, 0.15) is 58.8 Å². The summed E-state index contributed by atoms with van der Waals surface area (Å²) in [6.07, 6.45) is 7.56. The number of ketones is 2. The van der Waals surface area contributed by atoms with Crippen LogP contribution in [0.15, 0.2) is 16.8 Å². The van der Waals surface area contributed by atoms with Gasteiger partial charge in [0, 0.05) is 18.3 Å². The number of oxime groups is 1. The van der Waals surface area contributed by atoms with Gasteiger partial charge in [-0.3, -0.25) is 9.59 Å². The van der Waals surface area contributed by atoms with Crippen molar-refractivity contribution in [2.24, 2.45) is 33.7 Å². The van der Waals surface area contributed by atoms with E-state index in [0.717, 1.165) is 31.3 Å². The van der Waals surface area contributed by atoms with Gasteiger partial charge in [0.1, 0.15) is 5.78 Å². The number of hydrogen-bond acceptors (Lipinski definition) is 4. The van der Waals surface area contributed by atoms with Crippen LogP contribution in [-0.2, 0) is 9.59 Å². The largest absolute Gasteiger partial charge is 0.411 e. The molecule has 1 N–H and O–H groups in total. The SMILES string of the molecule is C[C@]12CCC(=O)C=C1/C(=N/O)C[C@@H]1[C@@H]2CC[C@]2(C)C(=O)CC[C@@H]12. The number of Topliss-reactive ketones (excluding diaryl/α,β-unsaturated/α-hetero) is 1. The molecule has 0 aromatic heterocycles. The van der Waals surface area contributed by atoms with E-state index in [1.807, 2.05) is 0 Å². The molecular weight excluding hydrogens is 290 g/mol. The molecule has 0 aromatic rings. The van der Waals surface area contributed by atoms with Gasteiger partial charge in [-0.05, 0) is 66.9 Å². The first-order chi connectivity index (χ1) is 10.9. The van der Waals surface area contributed by atoms with E-state index in [2.05, 4.69) is 19.0 Å². The average molecular weight is 315 g/mol. The van der Waals surface area contributed by atoms with Crippen molar-refractivity contribution in [1.82, 2.24) is 0 Å². The summed E-state index contributed by atoms with van der Waals surface area (Å²) in [4.78, 5) is 24.3. The van der Waals surface area contributed by atoms with Gasteiger partial charge in [-0.25, -0.2) is 0 Å². The zero-order valence-electron chi connectivity index (χ0n) is 14.0. The minimum atomic E-state index is -0.177. The second kappa shape index (κ2) is 4.78. The van der Waals surface area contributed by atoms with E-state index >= 15 is 0 Å². The monoisotopic (exact) mass is 315 g/mol. The van der Waals surface area contributed by atoms with E-state index in [1.165, 1.54) is 0 Å². The van der Waals surface area contributed by atoms with Crippen molar-refractivity contribution >= 4 is 17.3 Å². The van der Waals surface area contributed by atoms with Crippen LogP contribution in [0.3, 0.4) is 0 Å². The molecule has 4 aliphatic rings. The number of nitrogens with zero attached hydrogens (tertiary/aromatic N) is 1. The first kappa shape index (κ1) is 15.1. The Morgan fingerprint density at radius 2 is 1.83 bits per heavy atom. The number of allylic oxidation sites excluding steroid dienone is 1. The zero-order chi connectivity index (χ0) is 16.4. The zero-order valence-corrected chi connectivity index (χ0v) is 14.0. The van der Waals surface area contributed by atoms with Crippen LogP contribution in [-0.4, -0.2) is 22.5 Å². The average Bonchev–Trinajstić information content (AvgIpc) is 2.83. The Balaban J connectivity index is 1.79. The third kappa shape index (κ3) is 1.87. The maximum atomic E-state index is 12.4. The van der Waals surface area contributed by atoms with Crippen molar-refractivity contribution in [2.75, 3.05) is 0 Å². The highest BCUT2D eigenvalue weighted by molar-refractivity contribution is 6.08. The molecule has 0 saturated heterocycles. The summed E-state index contributed by atoms with van der Waals surface area (Å²) in [5, 5.41) is 13.1. The first-order valence-electron chi connectivity index (χ1n) is 8.90. The van der Waals surface area contributed by atoms with E-state index in [9.17, 15) is 14.8 Å². The lowest BCUT2D eigenvalue weighted by Gasteiger charge is -2.56. The van der Waals surface area contributed by atoms with Gasteiger partial charge in [0.2, 0.25) is 0 Å². The van der Waals surface area contributed by atoms with Crippen LogP contribution in [0.2, 0.25) is 0 Å². The van der Waals surface area contributed by atoms with Crippen LogP contribution >= 0.6 is 0 Å². The molecule has 4 rings (SSSR count). The van der Waals surface area contributed by atoms with Crippen molar-refractivity contribution in [3.63, 3.8) is 0 Å². The van der Waals surface area contributed by atoms with Gasteiger partial charge in [0.05, 0.1) is 5.71 Å². The van der Waals surface area contributed by atoms with Crippen molar-refractivity contribution in [3.05, 3.63) is 11.6 Å². The van der Waals surface area contributed by atoms with E-state index in [0.29, 0.717) is 48.5 Å². The van der Waals surface area contributed by atoms with E-state index in [-0.39, 0.29) is 16.6 Å². The summed E-state index contributed by atoms with van der Waals surface area (Å²) in [6, 6.07) is 0. The number of carbonyl (C=O) groups is 2. The minimum Gasteiger partial charge on any atom is -0.411 e. The second-order valence-electron chi connectivity index (χ2n) is 8.49. The normalized spacial score (nSPS) is 47.8. The Morgan fingerprint density at radius 3 is 2.57 bits per heavy atom. The molecule has 3 fully saturated rings. The van der Waals surface area contributed by atoms with Crippen LogP contribution in [0.5, 0.6) is 0 Å². The number of carbonyl (C=O) groups excluding carboxylic acids is 2. The fourth-order valence-electron chi connectivity index (χ4n) is 6.28. The molecule has 0 aromatic carbocycles. The number of fused-ring (bicyclic) bond motifs is 5. The highest BCUT2D eigenvalue weighted by Gasteiger charge is 2.60. The summed E-state index contributed by atoms with van der Waals surface area (Å²) in [5.41, 5.74) is 1.39. The Morgan fingerprint density at radius 1 is 1.09 bits per heavy atom. The summed E-state index contributed by atoms with van der Waals surface area (Å²) < 4.78 is 0. The van der Waals surface area contributed by atoms with E-state index in [4.69, 9.17) is 0 Å². The fourth-order valence-corrected chi connectivity index (χ4v) is 6.28. The second-order valence-corrected chi connectivity index (χ2v) is 8.49. The Kier molecular flexibility index (Phi) is 3.14. The molecule has 124 valence electrons. The van der Waals surface area contributed by atoms with Crippen molar-refractivity contribution in [3.8, 4) is 0 Å². The molecule has 23 heavy (non-hydrogen) atoms. The summed E-state index contributed by atoms with van der Waals surface area (Å²) in [7, 11) is 0. The summed E-state index contributed by atoms with van der Waals surface area (Å²) >= 11 is 0. The Bertz CT molecular complexity index is 649. The van der Waals surface area contributed by atoms with Gasteiger partial charge in [-0.15, -0.1) is 0 Å². The standard InChI is InChI=1S/C19H25NO3/c1-18-7-5-11(21)9-15(18)16(20-23)10-12-13-3-4-17(22)19(13,2)8-6-14(12)18/h9,12-14,23H,3-8,10H2,1-2H3/b20-16+/t12-,13-,14-,18+,19-/m0/s1. The molecule has 0 radical (unpaired) electrons. The maximum absolute atomic E-state index is 12.4. The molecular formula is C19H25NO3. The van der Waals surface area contributed by atoms with Gasteiger partial charge in [0.15, 0.2) is 5.78 Å². The fraction of sp³-hybridized carbons (Fsp3) is 0.737. The molecule has 3 saturated carbocycles. The molecule has 4 heteroatoms. The predicted octanol–water partition coefficient (Wildman–Crippen LogP) is 3.53. The molecule has 4 nitrogen and oxygen atoms in total. The minimum absolute atomic E-state index is 0.0780. The molecule has 0 amide bonds. The van der Waals surface area contributed by atoms with Crippen LogP contribution < -0.4 is 0 Å².